The predicted octanol–water partition coefficient (Wildman–Crippen LogP) is 4.90. The Bertz CT molecular complexity index is 365. The number of hydrogen-bond donors (Lipinski definition) is 0. The average molecular weight is 341 g/mol. The molecule has 1 aliphatic rings. The Kier molecular flexibility index (Phi) is 10.8. The molecule has 4 heteroatoms. The van der Waals surface area contributed by atoms with Gasteiger partial charge in [-0.15, -0.1) is 0 Å². The van der Waals surface area contributed by atoms with Gasteiger partial charge in [-0.3, -0.25) is 9.59 Å². The van der Waals surface area contributed by atoms with E-state index in [1.807, 2.05) is 0 Å². The van der Waals surface area contributed by atoms with Crippen molar-refractivity contribution < 1.29 is 19.1 Å². The topological polar surface area (TPSA) is 52.6 Å². The van der Waals surface area contributed by atoms with Gasteiger partial charge >= 0.3 is 11.9 Å². The number of esters is 2. The highest BCUT2D eigenvalue weighted by atomic mass is 16.5. The van der Waals surface area contributed by atoms with Crippen molar-refractivity contribution in [2.24, 2.45) is 17.8 Å². The second-order valence-electron chi connectivity index (χ2n) is 7.43. The van der Waals surface area contributed by atoms with Crippen LogP contribution < -0.4 is 0 Å². The van der Waals surface area contributed by atoms with Crippen LogP contribution in [-0.2, 0) is 19.1 Å². The Morgan fingerprint density at radius 2 is 1.42 bits per heavy atom. The van der Waals surface area contributed by atoms with Crippen LogP contribution in [0.4, 0.5) is 0 Å². The van der Waals surface area contributed by atoms with Crippen LogP contribution in [0.15, 0.2) is 0 Å². The van der Waals surface area contributed by atoms with Crippen LogP contribution in [0.3, 0.4) is 0 Å². The lowest BCUT2D eigenvalue weighted by Gasteiger charge is -2.28. The lowest BCUT2D eigenvalue weighted by molar-refractivity contribution is -0.163. The molecule has 0 heterocycles. The molecule has 0 radical (unpaired) electrons. The first-order valence-corrected chi connectivity index (χ1v) is 9.89. The third kappa shape index (κ3) is 8.16. The van der Waals surface area contributed by atoms with Crippen molar-refractivity contribution >= 4 is 11.9 Å². The third-order valence-electron chi connectivity index (χ3n) is 4.78. The second kappa shape index (κ2) is 12.3. The Hall–Kier alpha value is -1.06. The minimum atomic E-state index is -0.305. The fourth-order valence-corrected chi connectivity index (χ4v) is 3.28. The van der Waals surface area contributed by atoms with E-state index < -0.39 is 0 Å². The van der Waals surface area contributed by atoms with Gasteiger partial charge in [-0.25, -0.2) is 0 Å². The molecule has 0 spiro atoms. The molecule has 1 fully saturated rings. The van der Waals surface area contributed by atoms with E-state index in [9.17, 15) is 9.59 Å². The minimum absolute atomic E-state index is 0.199. The standard InChI is InChI=1S/C20H36O4/c1-4-5-6-9-14-23-19(21)17-12-7-8-13-18(17)20(22)24-15-10-11-16(2)3/h16-18H,4-15H2,1-3H3. The van der Waals surface area contributed by atoms with Crippen molar-refractivity contribution in [3.63, 3.8) is 0 Å². The van der Waals surface area contributed by atoms with Gasteiger partial charge in [0.2, 0.25) is 0 Å². The number of ether oxygens (including phenoxy) is 2. The highest BCUT2D eigenvalue weighted by Crippen LogP contribution is 2.32. The molecule has 24 heavy (non-hydrogen) atoms. The van der Waals surface area contributed by atoms with E-state index in [2.05, 4.69) is 20.8 Å². The maximum Gasteiger partial charge on any atom is 0.309 e. The highest BCUT2D eigenvalue weighted by Gasteiger charge is 2.37. The molecule has 0 aromatic rings. The molecule has 0 bridgehead atoms. The van der Waals surface area contributed by atoms with Crippen molar-refractivity contribution in [2.75, 3.05) is 13.2 Å². The molecule has 0 amide bonds. The first-order chi connectivity index (χ1) is 11.6. The molecule has 0 saturated heterocycles. The van der Waals surface area contributed by atoms with E-state index in [-0.39, 0.29) is 23.8 Å². The van der Waals surface area contributed by atoms with Crippen LogP contribution in [0, 0.1) is 17.8 Å². The van der Waals surface area contributed by atoms with Gasteiger partial charge in [0.1, 0.15) is 0 Å². The Balaban J connectivity index is 2.37. The van der Waals surface area contributed by atoms with E-state index >= 15 is 0 Å². The largest absolute Gasteiger partial charge is 0.465 e. The maximum atomic E-state index is 12.3. The molecule has 0 N–H and O–H groups in total. The second-order valence-corrected chi connectivity index (χ2v) is 7.43. The number of hydrogen-bond acceptors (Lipinski definition) is 4. The van der Waals surface area contributed by atoms with Crippen LogP contribution >= 0.6 is 0 Å². The highest BCUT2D eigenvalue weighted by molar-refractivity contribution is 5.82. The number of rotatable bonds is 11. The molecule has 0 aromatic heterocycles. The summed E-state index contributed by atoms with van der Waals surface area (Å²) in [6.45, 7) is 7.42. The van der Waals surface area contributed by atoms with Gasteiger partial charge in [0.25, 0.3) is 0 Å². The van der Waals surface area contributed by atoms with E-state index in [0.717, 1.165) is 51.4 Å². The third-order valence-corrected chi connectivity index (χ3v) is 4.78. The van der Waals surface area contributed by atoms with Gasteiger partial charge in [-0.05, 0) is 38.0 Å². The Labute approximate surface area is 147 Å². The summed E-state index contributed by atoms with van der Waals surface area (Å²) < 4.78 is 10.8. The normalized spacial score (nSPS) is 20.8. The molecule has 2 atom stereocenters. The minimum Gasteiger partial charge on any atom is -0.465 e. The van der Waals surface area contributed by atoms with E-state index in [0.29, 0.717) is 19.1 Å². The SMILES string of the molecule is CCCCCCOC(=O)C1CCCCC1C(=O)OCCCC(C)C. The van der Waals surface area contributed by atoms with Crippen molar-refractivity contribution in [1.82, 2.24) is 0 Å². The van der Waals surface area contributed by atoms with Gasteiger partial charge in [-0.1, -0.05) is 52.9 Å². The molecular formula is C20H36O4. The molecule has 140 valence electrons. The lowest BCUT2D eigenvalue weighted by Crippen LogP contribution is -2.35. The molecule has 1 aliphatic carbocycles. The number of carbonyl (C=O) groups excluding carboxylic acids is 2. The van der Waals surface area contributed by atoms with Crippen LogP contribution in [-0.4, -0.2) is 25.2 Å². The van der Waals surface area contributed by atoms with Gasteiger partial charge in [0, 0.05) is 0 Å². The summed E-state index contributed by atoms with van der Waals surface area (Å²) >= 11 is 0. The molecule has 0 aromatic carbocycles. The smallest absolute Gasteiger partial charge is 0.309 e. The summed E-state index contributed by atoms with van der Waals surface area (Å²) in [6, 6.07) is 0. The fraction of sp³-hybridized carbons (Fsp3) is 0.900. The molecule has 1 saturated carbocycles. The zero-order valence-electron chi connectivity index (χ0n) is 15.9. The average Bonchev–Trinajstić information content (AvgIpc) is 2.58. The van der Waals surface area contributed by atoms with E-state index in [1.165, 1.54) is 12.8 Å². The maximum absolute atomic E-state index is 12.3. The van der Waals surface area contributed by atoms with Crippen molar-refractivity contribution in [3.05, 3.63) is 0 Å². The first-order valence-electron chi connectivity index (χ1n) is 9.89. The quantitative estimate of drug-likeness (QED) is 0.397. The summed E-state index contributed by atoms with van der Waals surface area (Å²) in [4.78, 5) is 24.7. The van der Waals surface area contributed by atoms with Gasteiger partial charge in [0.15, 0.2) is 0 Å². The predicted molar refractivity (Wildman–Crippen MR) is 95.6 cm³/mol. The summed E-state index contributed by atoms with van der Waals surface area (Å²) in [5, 5.41) is 0. The van der Waals surface area contributed by atoms with Crippen molar-refractivity contribution in [2.45, 2.75) is 85.0 Å². The monoisotopic (exact) mass is 340 g/mol. The van der Waals surface area contributed by atoms with Crippen LogP contribution in [0.1, 0.15) is 85.0 Å². The summed E-state index contributed by atoms with van der Waals surface area (Å²) in [7, 11) is 0. The molecule has 1 rings (SSSR count). The van der Waals surface area contributed by atoms with Gasteiger partial charge in [0.05, 0.1) is 25.0 Å². The van der Waals surface area contributed by atoms with Crippen molar-refractivity contribution in [3.8, 4) is 0 Å². The van der Waals surface area contributed by atoms with Gasteiger partial charge in [-0.2, -0.15) is 0 Å². The zero-order chi connectivity index (χ0) is 17.8. The lowest BCUT2D eigenvalue weighted by atomic mass is 9.79. The first kappa shape index (κ1) is 21.0. The molecular weight excluding hydrogens is 304 g/mol. The fourth-order valence-electron chi connectivity index (χ4n) is 3.28. The Morgan fingerprint density at radius 3 is 1.92 bits per heavy atom. The zero-order valence-corrected chi connectivity index (χ0v) is 15.9. The van der Waals surface area contributed by atoms with Crippen LogP contribution in [0.5, 0.6) is 0 Å². The molecule has 4 nitrogen and oxygen atoms in total. The molecule has 2 unspecified atom stereocenters. The molecule has 0 aliphatic heterocycles. The number of unbranched alkanes of at least 4 members (excludes halogenated alkanes) is 3. The van der Waals surface area contributed by atoms with E-state index in [4.69, 9.17) is 9.47 Å². The summed E-state index contributed by atoms with van der Waals surface area (Å²) in [5.74, 6) is -0.390. The van der Waals surface area contributed by atoms with Crippen LogP contribution in [0.2, 0.25) is 0 Å². The van der Waals surface area contributed by atoms with E-state index in [1.54, 1.807) is 0 Å². The summed E-state index contributed by atoms with van der Waals surface area (Å²) in [5.41, 5.74) is 0. The number of carbonyl (C=O) groups is 2. The van der Waals surface area contributed by atoms with Crippen molar-refractivity contribution in [1.29, 1.82) is 0 Å². The summed E-state index contributed by atoms with van der Waals surface area (Å²) in [6.07, 6.45) is 9.78. The van der Waals surface area contributed by atoms with Crippen LogP contribution in [0.25, 0.3) is 0 Å². The Morgan fingerprint density at radius 1 is 0.875 bits per heavy atom. The van der Waals surface area contributed by atoms with Gasteiger partial charge < -0.3 is 9.47 Å².